The molecule has 0 saturated carbocycles. The Kier molecular flexibility index (Phi) is 4.89. The van der Waals surface area contributed by atoms with Gasteiger partial charge in [0.15, 0.2) is 0 Å². The second-order valence-electron chi connectivity index (χ2n) is 4.10. The van der Waals surface area contributed by atoms with Crippen LogP contribution in [0.25, 0.3) is 0 Å². The summed E-state index contributed by atoms with van der Waals surface area (Å²) in [5, 5.41) is 9.96. The summed E-state index contributed by atoms with van der Waals surface area (Å²) in [6.07, 6.45) is 0.185. The van der Waals surface area contributed by atoms with Crippen LogP contribution in [0.4, 0.5) is 4.39 Å². The van der Waals surface area contributed by atoms with Crippen LogP contribution in [0.2, 0.25) is 0 Å². The zero-order chi connectivity index (χ0) is 12.3. The number of hydrogen-bond acceptors (Lipinski definition) is 2. The van der Waals surface area contributed by atoms with Crippen LogP contribution < -0.4 is 5.73 Å². The fourth-order valence-electron chi connectivity index (χ4n) is 1.56. The molecule has 0 aliphatic rings. The van der Waals surface area contributed by atoms with Crippen molar-refractivity contribution in [3.8, 4) is 0 Å². The highest BCUT2D eigenvalue weighted by molar-refractivity contribution is 9.10. The predicted molar refractivity (Wildman–Crippen MR) is 66.5 cm³/mol. The van der Waals surface area contributed by atoms with Gasteiger partial charge in [0.2, 0.25) is 0 Å². The minimum atomic E-state index is -0.654. The summed E-state index contributed by atoms with van der Waals surface area (Å²) in [6.45, 7) is 3.92. The second kappa shape index (κ2) is 5.75. The molecular formula is C12H17BrFNO. The molecule has 0 bridgehead atoms. The van der Waals surface area contributed by atoms with Crippen molar-refractivity contribution in [3.63, 3.8) is 0 Å². The van der Waals surface area contributed by atoms with Crippen molar-refractivity contribution in [2.45, 2.75) is 32.4 Å². The Bertz CT molecular complexity index is 339. The molecule has 0 radical (unpaired) electrons. The standard InChI is InChI=1S/C12H17BrFNO/c1-3-7(2)12(16)11(15)8-4-9(13)6-10(14)5-8/h4-7,11-12,16H,3,15H2,1-2H3/t7?,11-,12+/m0/s1. The van der Waals surface area contributed by atoms with Crippen LogP contribution in [0.3, 0.4) is 0 Å². The van der Waals surface area contributed by atoms with Crippen LogP contribution in [0.15, 0.2) is 22.7 Å². The van der Waals surface area contributed by atoms with Crippen molar-refractivity contribution in [2.75, 3.05) is 0 Å². The molecule has 1 aromatic rings. The number of aliphatic hydroxyl groups is 1. The van der Waals surface area contributed by atoms with Gasteiger partial charge in [-0.3, -0.25) is 0 Å². The molecule has 0 amide bonds. The van der Waals surface area contributed by atoms with Crippen LogP contribution in [-0.2, 0) is 0 Å². The summed E-state index contributed by atoms with van der Waals surface area (Å²) < 4.78 is 13.8. The van der Waals surface area contributed by atoms with Gasteiger partial charge in [0.1, 0.15) is 5.82 Å². The molecule has 0 aliphatic heterocycles. The Labute approximate surface area is 104 Å². The molecule has 3 N–H and O–H groups in total. The molecule has 0 aliphatic carbocycles. The van der Waals surface area contributed by atoms with Crippen molar-refractivity contribution >= 4 is 15.9 Å². The molecule has 1 aromatic carbocycles. The molecule has 4 heteroatoms. The van der Waals surface area contributed by atoms with Gasteiger partial charge in [0.25, 0.3) is 0 Å². The monoisotopic (exact) mass is 289 g/mol. The smallest absolute Gasteiger partial charge is 0.124 e. The van der Waals surface area contributed by atoms with Gasteiger partial charge in [-0.15, -0.1) is 0 Å². The first-order valence-corrected chi connectivity index (χ1v) is 6.14. The molecule has 1 unspecified atom stereocenters. The molecular weight excluding hydrogens is 273 g/mol. The lowest BCUT2D eigenvalue weighted by Gasteiger charge is -2.24. The van der Waals surface area contributed by atoms with Crippen molar-refractivity contribution in [3.05, 3.63) is 34.1 Å². The van der Waals surface area contributed by atoms with Gasteiger partial charge in [-0.1, -0.05) is 36.2 Å². The lowest BCUT2D eigenvalue weighted by Crippen LogP contribution is -2.31. The molecule has 3 atom stereocenters. The number of rotatable bonds is 4. The van der Waals surface area contributed by atoms with E-state index in [0.717, 1.165) is 6.42 Å². The highest BCUT2D eigenvalue weighted by Gasteiger charge is 2.22. The molecule has 16 heavy (non-hydrogen) atoms. The summed E-state index contributed by atoms with van der Waals surface area (Å²) in [4.78, 5) is 0. The first-order valence-electron chi connectivity index (χ1n) is 5.35. The number of halogens is 2. The summed E-state index contributed by atoms with van der Waals surface area (Å²) in [5.74, 6) is -0.256. The molecule has 2 nitrogen and oxygen atoms in total. The third kappa shape index (κ3) is 3.27. The predicted octanol–water partition coefficient (Wildman–Crippen LogP) is 3.00. The van der Waals surface area contributed by atoms with Gasteiger partial charge < -0.3 is 10.8 Å². The van der Waals surface area contributed by atoms with Gasteiger partial charge >= 0.3 is 0 Å². The SMILES string of the molecule is CCC(C)[C@@H](O)[C@@H](N)c1cc(F)cc(Br)c1. The highest BCUT2D eigenvalue weighted by atomic mass is 79.9. The van der Waals surface area contributed by atoms with Crippen LogP contribution >= 0.6 is 15.9 Å². The van der Waals surface area contributed by atoms with Gasteiger partial charge in [-0.2, -0.15) is 0 Å². The summed E-state index contributed by atoms with van der Waals surface area (Å²) in [7, 11) is 0. The van der Waals surface area contributed by atoms with Crippen molar-refractivity contribution in [2.24, 2.45) is 11.7 Å². The first-order chi connectivity index (χ1) is 7.45. The van der Waals surface area contributed by atoms with Gasteiger partial charge in [0, 0.05) is 4.47 Å². The Hall–Kier alpha value is -0.450. The van der Waals surface area contributed by atoms with E-state index in [1.807, 2.05) is 13.8 Å². The second-order valence-corrected chi connectivity index (χ2v) is 5.02. The molecule has 0 saturated heterocycles. The third-order valence-electron chi connectivity index (χ3n) is 2.86. The Morgan fingerprint density at radius 1 is 1.44 bits per heavy atom. The number of nitrogens with two attached hydrogens (primary N) is 1. The lowest BCUT2D eigenvalue weighted by molar-refractivity contribution is 0.0879. The van der Waals surface area contributed by atoms with E-state index in [1.165, 1.54) is 12.1 Å². The average molecular weight is 290 g/mol. The van der Waals surface area contributed by atoms with E-state index in [9.17, 15) is 9.50 Å². The zero-order valence-corrected chi connectivity index (χ0v) is 11.0. The van der Waals surface area contributed by atoms with Crippen molar-refractivity contribution in [1.29, 1.82) is 0 Å². The lowest BCUT2D eigenvalue weighted by atomic mass is 9.91. The molecule has 0 aromatic heterocycles. The van der Waals surface area contributed by atoms with Gasteiger partial charge in [0.05, 0.1) is 12.1 Å². The van der Waals surface area contributed by atoms with Gasteiger partial charge in [-0.25, -0.2) is 4.39 Å². The fraction of sp³-hybridized carbons (Fsp3) is 0.500. The largest absolute Gasteiger partial charge is 0.391 e. The minimum absolute atomic E-state index is 0.0945. The van der Waals surface area contributed by atoms with E-state index >= 15 is 0 Å². The maximum atomic E-state index is 13.2. The minimum Gasteiger partial charge on any atom is -0.391 e. The van der Waals surface area contributed by atoms with Crippen LogP contribution in [-0.4, -0.2) is 11.2 Å². The van der Waals surface area contributed by atoms with E-state index in [4.69, 9.17) is 5.73 Å². The van der Waals surface area contributed by atoms with Crippen molar-refractivity contribution < 1.29 is 9.50 Å². The van der Waals surface area contributed by atoms with Crippen LogP contribution in [0.5, 0.6) is 0 Å². The van der Waals surface area contributed by atoms with Crippen LogP contribution in [0, 0.1) is 11.7 Å². The highest BCUT2D eigenvalue weighted by Crippen LogP contribution is 2.25. The Morgan fingerprint density at radius 2 is 2.06 bits per heavy atom. The number of aliphatic hydroxyl groups excluding tert-OH is 1. The third-order valence-corrected chi connectivity index (χ3v) is 3.32. The average Bonchev–Trinajstić information content (AvgIpc) is 2.24. The van der Waals surface area contributed by atoms with E-state index in [1.54, 1.807) is 6.07 Å². The Morgan fingerprint density at radius 3 is 2.56 bits per heavy atom. The van der Waals surface area contributed by atoms with E-state index in [-0.39, 0.29) is 11.7 Å². The summed E-state index contributed by atoms with van der Waals surface area (Å²) in [5.41, 5.74) is 6.53. The maximum absolute atomic E-state index is 13.2. The number of hydrogen-bond donors (Lipinski definition) is 2. The van der Waals surface area contributed by atoms with Crippen LogP contribution in [0.1, 0.15) is 31.9 Å². The Balaban J connectivity index is 2.91. The van der Waals surface area contributed by atoms with Gasteiger partial charge in [-0.05, 0) is 29.7 Å². The summed E-state index contributed by atoms with van der Waals surface area (Å²) in [6, 6.07) is 3.91. The molecule has 0 fully saturated rings. The normalized spacial score (nSPS) is 16.9. The molecule has 0 heterocycles. The number of benzene rings is 1. The zero-order valence-electron chi connectivity index (χ0n) is 9.45. The topological polar surface area (TPSA) is 46.2 Å². The quantitative estimate of drug-likeness (QED) is 0.895. The fourth-order valence-corrected chi connectivity index (χ4v) is 2.04. The van der Waals surface area contributed by atoms with E-state index in [2.05, 4.69) is 15.9 Å². The van der Waals surface area contributed by atoms with E-state index < -0.39 is 12.1 Å². The first kappa shape index (κ1) is 13.6. The van der Waals surface area contributed by atoms with E-state index in [0.29, 0.717) is 10.0 Å². The molecule has 1 rings (SSSR count). The van der Waals surface area contributed by atoms with Crippen molar-refractivity contribution in [1.82, 2.24) is 0 Å². The maximum Gasteiger partial charge on any atom is 0.124 e. The molecule has 90 valence electrons. The summed E-state index contributed by atoms with van der Waals surface area (Å²) >= 11 is 3.21. The molecule has 0 spiro atoms.